The Balaban J connectivity index is 1.57. The number of rotatable bonds is 7. The fraction of sp³-hybridized carbons (Fsp3) is 0.316. The van der Waals surface area contributed by atoms with Crippen LogP contribution in [-0.4, -0.2) is 36.8 Å². The lowest BCUT2D eigenvalue weighted by Gasteiger charge is -2.10. The van der Waals surface area contributed by atoms with Crippen LogP contribution in [0.15, 0.2) is 34.8 Å². The van der Waals surface area contributed by atoms with Crippen molar-refractivity contribution in [2.45, 2.75) is 37.6 Å². The third-order valence-corrected chi connectivity index (χ3v) is 6.09. The highest BCUT2D eigenvalue weighted by molar-refractivity contribution is 8.00. The van der Waals surface area contributed by atoms with Crippen LogP contribution in [0.4, 0.5) is 10.8 Å². The van der Waals surface area contributed by atoms with Crippen molar-refractivity contribution >= 4 is 45.7 Å². The second-order valence-electron chi connectivity index (χ2n) is 6.59. The molecule has 10 heteroatoms. The van der Waals surface area contributed by atoms with E-state index < -0.39 is 5.25 Å². The van der Waals surface area contributed by atoms with E-state index in [-0.39, 0.29) is 18.2 Å². The first-order chi connectivity index (χ1) is 13.8. The number of aryl methyl sites for hydroxylation is 2. The molecule has 3 rings (SSSR count). The van der Waals surface area contributed by atoms with Crippen molar-refractivity contribution in [3.63, 3.8) is 0 Å². The van der Waals surface area contributed by atoms with Crippen LogP contribution >= 0.6 is 23.1 Å². The number of aromatic nitrogens is 4. The molecule has 0 aliphatic heterocycles. The van der Waals surface area contributed by atoms with E-state index in [0.29, 0.717) is 16.1 Å². The summed E-state index contributed by atoms with van der Waals surface area (Å²) in [5, 5.41) is 16.5. The summed E-state index contributed by atoms with van der Waals surface area (Å²) >= 11 is 2.67. The Bertz CT molecular complexity index is 1010. The van der Waals surface area contributed by atoms with E-state index in [2.05, 4.69) is 25.8 Å². The van der Waals surface area contributed by atoms with Gasteiger partial charge in [0.2, 0.25) is 11.8 Å². The summed E-state index contributed by atoms with van der Waals surface area (Å²) in [6.07, 6.45) is 0.0942. The molecule has 0 saturated carbocycles. The second-order valence-corrected chi connectivity index (χ2v) is 8.76. The minimum atomic E-state index is -0.392. The van der Waals surface area contributed by atoms with E-state index in [1.807, 2.05) is 43.5 Å². The molecule has 3 aromatic rings. The molecule has 0 saturated heterocycles. The van der Waals surface area contributed by atoms with Gasteiger partial charge in [-0.1, -0.05) is 29.5 Å². The van der Waals surface area contributed by atoms with Gasteiger partial charge in [0.05, 0.1) is 17.4 Å². The van der Waals surface area contributed by atoms with Crippen molar-refractivity contribution in [2.75, 3.05) is 10.6 Å². The van der Waals surface area contributed by atoms with Crippen LogP contribution in [0.2, 0.25) is 0 Å². The number of thiazole rings is 1. The van der Waals surface area contributed by atoms with E-state index in [1.54, 1.807) is 18.5 Å². The number of carbonyl (C=O) groups excluding carboxylic acids is 2. The van der Waals surface area contributed by atoms with Gasteiger partial charge in [-0.2, -0.15) is 0 Å². The van der Waals surface area contributed by atoms with E-state index in [0.717, 1.165) is 16.9 Å². The Morgan fingerprint density at radius 1 is 1.17 bits per heavy atom. The van der Waals surface area contributed by atoms with Crippen molar-refractivity contribution in [1.29, 1.82) is 0 Å². The van der Waals surface area contributed by atoms with Crippen LogP contribution in [-0.2, 0) is 23.1 Å². The lowest BCUT2D eigenvalue weighted by Crippen LogP contribution is -2.23. The molecule has 0 aliphatic carbocycles. The zero-order chi connectivity index (χ0) is 21.0. The number of nitrogens with one attached hydrogen (secondary N) is 2. The molecule has 0 unspecified atom stereocenters. The molecular weight excluding hydrogens is 408 g/mol. The quantitative estimate of drug-likeness (QED) is 0.558. The number of hydrogen-bond acceptors (Lipinski definition) is 7. The SMILES string of the molecule is Cc1ccc(NC(=O)Cc2nnc(S[C@H](C)C(=O)Nc3nc(C)cs3)n2C)cc1. The third-order valence-electron chi connectivity index (χ3n) is 4.08. The summed E-state index contributed by atoms with van der Waals surface area (Å²) in [7, 11) is 1.78. The fourth-order valence-corrected chi connectivity index (χ4v) is 3.94. The highest BCUT2D eigenvalue weighted by Crippen LogP contribution is 2.23. The summed E-state index contributed by atoms with van der Waals surface area (Å²) in [6.45, 7) is 5.66. The minimum absolute atomic E-state index is 0.0942. The van der Waals surface area contributed by atoms with Crippen molar-refractivity contribution < 1.29 is 9.59 Å². The first-order valence-corrected chi connectivity index (χ1v) is 10.7. The molecule has 2 N–H and O–H groups in total. The van der Waals surface area contributed by atoms with E-state index in [4.69, 9.17) is 0 Å². The first-order valence-electron chi connectivity index (χ1n) is 8.96. The molecule has 2 amide bonds. The number of hydrogen-bond donors (Lipinski definition) is 2. The summed E-state index contributed by atoms with van der Waals surface area (Å²) < 4.78 is 1.73. The molecule has 0 bridgehead atoms. The maximum atomic E-state index is 12.4. The molecule has 0 aliphatic rings. The molecule has 0 fully saturated rings. The monoisotopic (exact) mass is 430 g/mol. The zero-order valence-electron chi connectivity index (χ0n) is 16.6. The van der Waals surface area contributed by atoms with Gasteiger partial charge in [-0.15, -0.1) is 21.5 Å². The highest BCUT2D eigenvalue weighted by Gasteiger charge is 2.20. The number of benzene rings is 1. The molecule has 29 heavy (non-hydrogen) atoms. The lowest BCUT2D eigenvalue weighted by molar-refractivity contribution is -0.116. The van der Waals surface area contributed by atoms with Crippen LogP contribution in [0.1, 0.15) is 24.0 Å². The Morgan fingerprint density at radius 3 is 2.55 bits per heavy atom. The van der Waals surface area contributed by atoms with Crippen LogP contribution in [0.3, 0.4) is 0 Å². The maximum Gasteiger partial charge on any atom is 0.239 e. The average Bonchev–Trinajstić information content (AvgIpc) is 3.23. The van der Waals surface area contributed by atoms with Crippen molar-refractivity contribution in [2.24, 2.45) is 7.05 Å². The van der Waals surface area contributed by atoms with Gasteiger partial charge in [0.15, 0.2) is 10.3 Å². The second kappa shape index (κ2) is 9.19. The van der Waals surface area contributed by atoms with Gasteiger partial charge in [0.1, 0.15) is 5.82 Å². The fourth-order valence-electron chi connectivity index (χ4n) is 2.42. The summed E-state index contributed by atoms with van der Waals surface area (Å²) in [4.78, 5) is 28.9. The van der Waals surface area contributed by atoms with Crippen LogP contribution in [0.5, 0.6) is 0 Å². The first kappa shape index (κ1) is 21.0. The van der Waals surface area contributed by atoms with Gasteiger partial charge in [-0.3, -0.25) is 9.59 Å². The highest BCUT2D eigenvalue weighted by atomic mass is 32.2. The Hall–Kier alpha value is -2.72. The van der Waals surface area contributed by atoms with Gasteiger partial charge < -0.3 is 15.2 Å². The largest absolute Gasteiger partial charge is 0.326 e. The number of nitrogens with zero attached hydrogens (tertiary/aromatic N) is 4. The predicted molar refractivity (Wildman–Crippen MR) is 115 cm³/mol. The topological polar surface area (TPSA) is 102 Å². The molecule has 2 aromatic heterocycles. The summed E-state index contributed by atoms with van der Waals surface area (Å²) in [5.41, 5.74) is 2.73. The molecule has 0 radical (unpaired) electrons. The van der Waals surface area contributed by atoms with E-state index in [1.165, 1.54) is 23.1 Å². The molecular formula is C19H22N6O2S2. The summed E-state index contributed by atoms with van der Waals surface area (Å²) in [6, 6.07) is 7.59. The van der Waals surface area contributed by atoms with E-state index >= 15 is 0 Å². The lowest BCUT2D eigenvalue weighted by atomic mass is 10.2. The van der Waals surface area contributed by atoms with E-state index in [9.17, 15) is 9.59 Å². The van der Waals surface area contributed by atoms with Crippen LogP contribution in [0, 0.1) is 13.8 Å². The van der Waals surface area contributed by atoms with Crippen molar-refractivity contribution in [1.82, 2.24) is 19.7 Å². The van der Waals surface area contributed by atoms with Gasteiger partial charge in [0.25, 0.3) is 0 Å². The molecule has 1 atom stereocenters. The van der Waals surface area contributed by atoms with Gasteiger partial charge in [-0.05, 0) is 32.9 Å². The number of amides is 2. The Labute approximate surface area is 177 Å². The molecule has 1 aromatic carbocycles. The third kappa shape index (κ3) is 5.64. The van der Waals surface area contributed by atoms with Crippen molar-refractivity contribution in [3.05, 3.63) is 46.7 Å². The van der Waals surface area contributed by atoms with Crippen LogP contribution < -0.4 is 10.6 Å². The minimum Gasteiger partial charge on any atom is -0.326 e. The molecule has 8 nitrogen and oxygen atoms in total. The number of thioether (sulfide) groups is 1. The number of carbonyl (C=O) groups is 2. The predicted octanol–water partition coefficient (Wildman–Crippen LogP) is 3.19. The average molecular weight is 431 g/mol. The van der Waals surface area contributed by atoms with Crippen LogP contribution in [0.25, 0.3) is 0 Å². The number of anilines is 2. The van der Waals surface area contributed by atoms with Gasteiger partial charge in [-0.25, -0.2) is 4.98 Å². The van der Waals surface area contributed by atoms with Gasteiger partial charge >= 0.3 is 0 Å². The molecule has 2 heterocycles. The smallest absolute Gasteiger partial charge is 0.239 e. The Morgan fingerprint density at radius 2 is 1.90 bits per heavy atom. The molecule has 0 spiro atoms. The molecule has 152 valence electrons. The maximum absolute atomic E-state index is 12.4. The van der Waals surface area contributed by atoms with Crippen molar-refractivity contribution in [3.8, 4) is 0 Å². The summed E-state index contributed by atoms with van der Waals surface area (Å²) in [5.74, 6) is 0.192. The zero-order valence-corrected chi connectivity index (χ0v) is 18.2. The Kier molecular flexibility index (Phi) is 6.65. The standard InChI is InChI=1S/C19H22N6O2S2/c1-11-5-7-14(8-6-11)21-16(26)9-15-23-24-19(25(15)4)29-13(3)17(27)22-18-20-12(2)10-28-18/h5-8,10,13H,9H2,1-4H3,(H,21,26)(H,20,22,27)/t13-/m1/s1. The van der Waals surface area contributed by atoms with Gasteiger partial charge in [0, 0.05) is 18.1 Å². The normalized spacial score (nSPS) is 11.9.